The molecule has 4 nitrogen and oxygen atoms in total. The smallest absolute Gasteiger partial charge is 0.127 e. The van der Waals surface area contributed by atoms with Crippen LogP contribution in [0.3, 0.4) is 0 Å². The first-order valence-corrected chi connectivity index (χ1v) is 6.70. The average Bonchev–Trinajstić information content (AvgIpc) is 2.36. The van der Waals surface area contributed by atoms with Crippen LogP contribution in [0.15, 0.2) is 6.07 Å². The van der Waals surface area contributed by atoms with Gasteiger partial charge in [-0.15, -0.1) is 0 Å². The zero-order valence-electron chi connectivity index (χ0n) is 12.5. The summed E-state index contributed by atoms with van der Waals surface area (Å²) in [6, 6.07) is 2.58. The minimum atomic E-state index is 0.473. The summed E-state index contributed by atoms with van der Waals surface area (Å²) in [6.45, 7) is 3.90. The predicted molar refractivity (Wildman–Crippen MR) is 76.9 cm³/mol. The van der Waals surface area contributed by atoms with Gasteiger partial charge in [0.2, 0.25) is 0 Å². The standard InChI is InChI=1S/C15H24N2O2/c1-10-6-12-13(8-16-10)14(18-4)7-11(9-17(2)3)15(12)19-5/h7,10,16H,6,8-9H2,1-5H3. The Balaban J connectivity index is 2.54. The zero-order chi connectivity index (χ0) is 14.0. The van der Waals surface area contributed by atoms with Gasteiger partial charge in [-0.05, 0) is 33.5 Å². The Hall–Kier alpha value is -1.26. The van der Waals surface area contributed by atoms with E-state index in [4.69, 9.17) is 9.47 Å². The van der Waals surface area contributed by atoms with Crippen molar-refractivity contribution in [1.82, 2.24) is 10.2 Å². The molecular formula is C15H24N2O2. The van der Waals surface area contributed by atoms with Crippen LogP contribution in [0.25, 0.3) is 0 Å². The van der Waals surface area contributed by atoms with Gasteiger partial charge in [-0.25, -0.2) is 0 Å². The van der Waals surface area contributed by atoms with E-state index in [-0.39, 0.29) is 0 Å². The average molecular weight is 264 g/mol. The Morgan fingerprint density at radius 1 is 1.26 bits per heavy atom. The van der Waals surface area contributed by atoms with Crippen molar-refractivity contribution in [3.63, 3.8) is 0 Å². The molecule has 0 bridgehead atoms. The lowest BCUT2D eigenvalue weighted by Crippen LogP contribution is -2.33. The molecule has 0 radical (unpaired) electrons. The molecule has 0 amide bonds. The monoisotopic (exact) mass is 264 g/mol. The van der Waals surface area contributed by atoms with Gasteiger partial charge in [0, 0.05) is 35.8 Å². The molecule has 0 spiro atoms. The molecule has 1 aliphatic rings. The lowest BCUT2D eigenvalue weighted by atomic mass is 9.92. The summed E-state index contributed by atoms with van der Waals surface area (Å²) in [6.07, 6.45) is 0.982. The molecule has 1 aromatic rings. The van der Waals surface area contributed by atoms with Crippen molar-refractivity contribution in [2.24, 2.45) is 0 Å². The maximum atomic E-state index is 5.68. The van der Waals surface area contributed by atoms with Crippen molar-refractivity contribution in [2.75, 3.05) is 28.3 Å². The van der Waals surface area contributed by atoms with E-state index < -0.39 is 0 Å². The van der Waals surface area contributed by atoms with Crippen LogP contribution in [-0.4, -0.2) is 39.3 Å². The summed E-state index contributed by atoms with van der Waals surface area (Å²) >= 11 is 0. The molecule has 4 heteroatoms. The van der Waals surface area contributed by atoms with Crippen molar-refractivity contribution in [3.8, 4) is 11.5 Å². The molecular weight excluding hydrogens is 240 g/mol. The fourth-order valence-electron chi connectivity index (χ4n) is 2.75. The van der Waals surface area contributed by atoms with Crippen LogP contribution >= 0.6 is 0 Å². The highest BCUT2D eigenvalue weighted by Gasteiger charge is 2.24. The van der Waals surface area contributed by atoms with Crippen LogP contribution in [0.4, 0.5) is 0 Å². The summed E-state index contributed by atoms with van der Waals surface area (Å²) in [7, 11) is 7.62. The Kier molecular flexibility index (Phi) is 4.32. The lowest BCUT2D eigenvalue weighted by Gasteiger charge is -2.28. The van der Waals surface area contributed by atoms with Gasteiger partial charge in [0.05, 0.1) is 14.2 Å². The normalized spacial score (nSPS) is 18.3. The number of benzene rings is 1. The second kappa shape index (κ2) is 5.80. The number of methoxy groups -OCH3 is 2. The number of nitrogens with zero attached hydrogens (tertiary/aromatic N) is 1. The molecule has 1 aromatic carbocycles. The molecule has 0 aromatic heterocycles. The fraction of sp³-hybridized carbons (Fsp3) is 0.600. The van der Waals surface area contributed by atoms with Crippen LogP contribution in [0, 0.1) is 0 Å². The molecule has 1 aliphatic heterocycles. The third-order valence-corrected chi connectivity index (χ3v) is 3.58. The Bertz CT molecular complexity index is 458. The maximum Gasteiger partial charge on any atom is 0.127 e. The second-order valence-corrected chi connectivity index (χ2v) is 5.45. The van der Waals surface area contributed by atoms with Gasteiger partial charge in [0.1, 0.15) is 11.5 Å². The van der Waals surface area contributed by atoms with E-state index in [1.54, 1.807) is 14.2 Å². The molecule has 1 heterocycles. The van der Waals surface area contributed by atoms with E-state index in [0.717, 1.165) is 31.0 Å². The predicted octanol–water partition coefficient (Wildman–Crippen LogP) is 1.80. The zero-order valence-corrected chi connectivity index (χ0v) is 12.5. The van der Waals surface area contributed by atoms with Crippen molar-refractivity contribution in [1.29, 1.82) is 0 Å². The van der Waals surface area contributed by atoms with Crippen molar-refractivity contribution in [2.45, 2.75) is 32.5 Å². The number of nitrogens with one attached hydrogen (secondary N) is 1. The first kappa shape index (κ1) is 14.2. The van der Waals surface area contributed by atoms with Gasteiger partial charge in [-0.2, -0.15) is 0 Å². The van der Waals surface area contributed by atoms with E-state index in [1.165, 1.54) is 16.7 Å². The highest BCUT2D eigenvalue weighted by Crippen LogP contribution is 2.37. The van der Waals surface area contributed by atoms with Gasteiger partial charge >= 0.3 is 0 Å². The molecule has 106 valence electrons. The quantitative estimate of drug-likeness (QED) is 0.899. The third-order valence-electron chi connectivity index (χ3n) is 3.58. The summed E-state index contributed by atoms with van der Waals surface area (Å²) in [5, 5.41) is 3.48. The maximum absolute atomic E-state index is 5.68. The number of hydrogen-bond donors (Lipinski definition) is 1. The Morgan fingerprint density at radius 3 is 2.58 bits per heavy atom. The van der Waals surface area contributed by atoms with Gasteiger partial charge in [-0.1, -0.05) is 0 Å². The lowest BCUT2D eigenvalue weighted by molar-refractivity contribution is 0.354. The van der Waals surface area contributed by atoms with Crippen molar-refractivity contribution >= 4 is 0 Å². The number of fused-ring (bicyclic) bond motifs is 1. The molecule has 0 saturated carbocycles. The number of ether oxygens (including phenoxy) is 2. The summed E-state index contributed by atoms with van der Waals surface area (Å²) in [4.78, 5) is 2.15. The van der Waals surface area contributed by atoms with Crippen molar-refractivity contribution in [3.05, 3.63) is 22.8 Å². The van der Waals surface area contributed by atoms with Crippen molar-refractivity contribution < 1.29 is 9.47 Å². The minimum Gasteiger partial charge on any atom is -0.496 e. The Morgan fingerprint density at radius 2 is 2.00 bits per heavy atom. The number of hydrogen-bond acceptors (Lipinski definition) is 4. The van der Waals surface area contributed by atoms with E-state index in [0.29, 0.717) is 6.04 Å². The first-order valence-electron chi connectivity index (χ1n) is 6.70. The summed E-state index contributed by atoms with van der Waals surface area (Å²) < 4.78 is 11.2. The SMILES string of the molecule is COc1cc(CN(C)C)c(OC)c2c1CNC(C)C2. The fourth-order valence-corrected chi connectivity index (χ4v) is 2.75. The summed E-state index contributed by atoms with van der Waals surface area (Å²) in [5.41, 5.74) is 3.72. The molecule has 19 heavy (non-hydrogen) atoms. The minimum absolute atomic E-state index is 0.473. The number of rotatable bonds is 4. The van der Waals surface area contributed by atoms with Crippen LogP contribution < -0.4 is 14.8 Å². The van der Waals surface area contributed by atoms with E-state index in [9.17, 15) is 0 Å². The van der Waals surface area contributed by atoms with Gasteiger partial charge in [0.25, 0.3) is 0 Å². The van der Waals surface area contributed by atoms with Gasteiger partial charge in [0.15, 0.2) is 0 Å². The largest absolute Gasteiger partial charge is 0.496 e. The van der Waals surface area contributed by atoms with E-state index >= 15 is 0 Å². The highest BCUT2D eigenvalue weighted by atomic mass is 16.5. The van der Waals surface area contributed by atoms with Gasteiger partial charge < -0.3 is 19.7 Å². The second-order valence-electron chi connectivity index (χ2n) is 5.45. The van der Waals surface area contributed by atoms with Crippen LogP contribution in [-0.2, 0) is 19.5 Å². The molecule has 0 aliphatic carbocycles. The molecule has 1 atom stereocenters. The van der Waals surface area contributed by atoms with Crippen LogP contribution in [0.2, 0.25) is 0 Å². The van der Waals surface area contributed by atoms with Crippen LogP contribution in [0.5, 0.6) is 11.5 Å². The highest BCUT2D eigenvalue weighted by molar-refractivity contribution is 5.55. The molecule has 1 N–H and O–H groups in total. The van der Waals surface area contributed by atoms with E-state index in [2.05, 4.69) is 37.3 Å². The third kappa shape index (κ3) is 2.85. The molecule has 0 fully saturated rings. The molecule has 0 saturated heterocycles. The van der Waals surface area contributed by atoms with Gasteiger partial charge in [-0.3, -0.25) is 0 Å². The van der Waals surface area contributed by atoms with Crippen LogP contribution in [0.1, 0.15) is 23.6 Å². The molecule has 1 unspecified atom stereocenters. The first-order chi connectivity index (χ1) is 9.06. The molecule has 2 rings (SSSR count). The summed E-state index contributed by atoms with van der Waals surface area (Å²) in [5.74, 6) is 1.99. The Labute approximate surface area is 115 Å². The van der Waals surface area contributed by atoms with E-state index in [1.807, 2.05) is 0 Å². The topological polar surface area (TPSA) is 33.7 Å².